The van der Waals surface area contributed by atoms with Gasteiger partial charge in [0.15, 0.2) is 5.17 Å². The van der Waals surface area contributed by atoms with Gasteiger partial charge in [0.25, 0.3) is 0 Å². The molecule has 2 aromatic carbocycles. The number of rotatable bonds is 2. The van der Waals surface area contributed by atoms with Crippen molar-refractivity contribution in [1.82, 2.24) is 0 Å². The van der Waals surface area contributed by atoms with Crippen LogP contribution in [0.2, 0.25) is 5.02 Å². The smallest absolute Gasteiger partial charge is 0.307 e. The molecule has 0 aliphatic carbocycles. The third kappa shape index (κ3) is 3.71. The monoisotopic (exact) mass is 363 g/mol. The van der Waals surface area contributed by atoms with Crippen LogP contribution in [0.25, 0.3) is 0 Å². The molecule has 1 aliphatic heterocycles. The van der Waals surface area contributed by atoms with Crippen molar-refractivity contribution in [3.8, 4) is 0 Å². The van der Waals surface area contributed by atoms with Gasteiger partial charge in [-0.25, -0.2) is 14.1 Å². The lowest BCUT2D eigenvalue weighted by Gasteiger charge is -2.23. The highest BCUT2D eigenvalue weighted by atomic mass is 35.5. The van der Waals surface area contributed by atoms with Gasteiger partial charge in [0, 0.05) is 10.9 Å². The van der Waals surface area contributed by atoms with Gasteiger partial charge >= 0.3 is 6.03 Å². The number of para-hydroxylation sites is 1. The SMILES string of the molecule is C[C@@H]1CN=C(N(C(=O)Nc2ccccc2)c2ccc(F)c(Cl)c2)S1. The summed E-state index contributed by atoms with van der Waals surface area (Å²) in [6.45, 7) is 2.66. The first kappa shape index (κ1) is 16.8. The molecule has 0 bridgehead atoms. The molecule has 124 valence electrons. The zero-order chi connectivity index (χ0) is 17.1. The number of thioether (sulfide) groups is 1. The zero-order valence-electron chi connectivity index (χ0n) is 12.9. The molecular weight excluding hydrogens is 349 g/mol. The van der Waals surface area contributed by atoms with E-state index in [2.05, 4.69) is 10.3 Å². The molecule has 0 aromatic heterocycles. The van der Waals surface area contributed by atoms with Gasteiger partial charge in [-0.15, -0.1) is 0 Å². The van der Waals surface area contributed by atoms with Crippen molar-refractivity contribution in [3.63, 3.8) is 0 Å². The van der Waals surface area contributed by atoms with E-state index in [1.807, 2.05) is 25.1 Å². The van der Waals surface area contributed by atoms with Crippen LogP contribution in [-0.2, 0) is 0 Å². The summed E-state index contributed by atoms with van der Waals surface area (Å²) in [6, 6.07) is 12.9. The minimum Gasteiger partial charge on any atom is -0.307 e. The average Bonchev–Trinajstić information content (AvgIpc) is 2.98. The summed E-state index contributed by atoms with van der Waals surface area (Å²) in [4.78, 5) is 18.6. The van der Waals surface area contributed by atoms with Gasteiger partial charge in [-0.05, 0) is 30.3 Å². The normalized spacial score (nSPS) is 16.6. The first-order valence-electron chi connectivity index (χ1n) is 7.37. The van der Waals surface area contributed by atoms with Crippen LogP contribution in [-0.4, -0.2) is 23.0 Å². The maximum absolute atomic E-state index is 13.5. The fourth-order valence-corrected chi connectivity index (χ4v) is 3.35. The van der Waals surface area contributed by atoms with E-state index in [0.29, 0.717) is 23.1 Å². The van der Waals surface area contributed by atoms with Gasteiger partial charge in [0.1, 0.15) is 5.82 Å². The van der Waals surface area contributed by atoms with E-state index < -0.39 is 5.82 Å². The Kier molecular flexibility index (Phi) is 5.06. The molecule has 0 fully saturated rings. The molecule has 0 radical (unpaired) electrons. The van der Waals surface area contributed by atoms with Crippen LogP contribution in [0.5, 0.6) is 0 Å². The molecule has 0 unspecified atom stereocenters. The Labute approximate surface area is 148 Å². The number of carbonyl (C=O) groups is 1. The highest BCUT2D eigenvalue weighted by molar-refractivity contribution is 8.15. The van der Waals surface area contributed by atoms with Crippen molar-refractivity contribution in [1.29, 1.82) is 0 Å². The second kappa shape index (κ2) is 7.23. The van der Waals surface area contributed by atoms with E-state index >= 15 is 0 Å². The number of amides is 2. The maximum atomic E-state index is 13.5. The lowest BCUT2D eigenvalue weighted by Crippen LogP contribution is -2.38. The minimum absolute atomic E-state index is 0.0401. The summed E-state index contributed by atoms with van der Waals surface area (Å²) in [7, 11) is 0. The molecule has 1 aliphatic rings. The van der Waals surface area contributed by atoms with Crippen molar-refractivity contribution in [2.75, 3.05) is 16.8 Å². The van der Waals surface area contributed by atoms with Gasteiger partial charge in [0.2, 0.25) is 0 Å². The Morgan fingerprint density at radius 2 is 2.08 bits per heavy atom. The summed E-state index contributed by atoms with van der Waals surface area (Å²) in [5, 5.41) is 3.63. The molecule has 0 saturated carbocycles. The second-order valence-corrected chi connectivity index (χ2v) is 7.09. The number of carbonyl (C=O) groups excluding carboxylic acids is 1. The number of benzene rings is 2. The quantitative estimate of drug-likeness (QED) is 0.815. The van der Waals surface area contributed by atoms with E-state index in [-0.39, 0.29) is 16.3 Å². The van der Waals surface area contributed by atoms with Crippen LogP contribution in [0.15, 0.2) is 53.5 Å². The average molecular weight is 364 g/mol. The van der Waals surface area contributed by atoms with Crippen LogP contribution in [0, 0.1) is 5.82 Å². The number of nitrogens with zero attached hydrogens (tertiary/aromatic N) is 2. The number of hydrogen-bond donors (Lipinski definition) is 1. The van der Waals surface area contributed by atoms with Gasteiger partial charge < -0.3 is 5.32 Å². The molecule has 7 heteroatoms. The van der Waals surface area contributed by atoms with E-state index in [4.69, 9.17) is 11.6 Å². The summed E-state index contributed by atoms with van der Waals surface area (Å²) < 4.78 is 13.5. The Morgan fingerprint density at radius 3 is 2.71 bits per heavy atom. The number of hydrogen-bond acceptors (Lipinski definition) is 3. The number of anilines is 2. The minimum atomic E-state index is -0.529. The van der Waals surface area contributed by atoms with E-state index in [1.165, 1.54) is 34.9 Å². The second-order valence-electron chi connectivity index (χ2n) is 5.28. The highest BCUT2D eigenvalue weighted by Gasteiger charge is 2.28. The predicted octanol–water partition coefficient (Wildman–Crippen LogP) is 5.01. The van der Waals surface area contributed by atoms with E-state index in [9.17, 15) is 9.18 Å². The Hall–Kier alpha value is -2.05. The largest absolute Gasteiger partial charge is 0.332 e. The first-order valence-corrected chi connectivity index (χ1v) is 8.62. The van der Waals surface area contributed by atoms with Crippen molar-refractivity contribution in [2.45, 2.75) is 12.2 Å². The molecule has 1 heterocycles. The summed E-state index contributed by atoms with van der Waals surface area (Å²) in [5.41, 5.74) is 1.13. The number of halogens is 2. The van der Waals surface area contributed by atoms with Crippen LogP contribution < -0.4 is 10.2 Å². The fourth-order valence-electron chi connectivity index (χ4n) is 2.22. The Morgan fingerprint density at radius 1 is 1.33 bits per heavy atom. The number of amidine groups is 1. The Bertz CT molecular complexity index is 785. The van der Waals surface area contributed by atoms with E-state index in [0.717, 1.165) is 0 Å². The molecule has 4 nitrogen and oxygen atoms in total. The van der Waals surface area contributed by atoms with Crippen molar-refractivity contribution in [2.24, 2.45) is 4.99 Å². The number of nitrogens with one attached hydrogen (secondary N) is 1. The third-order valence-corrected chi connectivity index (χ3v) is 4.73. The predicted molar refractivity (Wildman–Crippen MR) is 98.7 cm³/mol. The van der Waals surface area contributed by atoms with Crippen molar-refractivity contribution < 1.29 is 9.18 Å². The lowest BCUT2D eigenvalue weighted by atomic mass is 10.3. The molecular formula is C17H15ClFN3OS. The van der Waals surface area contributed by atoms with Crippen molar-refractivity contribution in [3.05, 3.63) is 59.4 Å². The van der Waals surface area contributed by atoms with Gasteiger partial charge in [0.05, 0.1) is 17.3 Å². The fraction of sp³-hybridized carbons (Fsp3) is 0.176. The Balaban J connectivity index is 1.92. The van der Waals surface area contributed by atoms with Crippen LogP contribution >= 0.6 is 23.4 Å². The van der Waals surface area contributed by atoms with Gasteiger partial charge in [-0.1, -0.05) is 48.5 Å². The molecule has 3 rings (SSSR count). The highest BCUT2D eigenvalue weighted by Crippen LogP contribution is 2.30. The van der Waals surface area contributed by atoms with Crippen LogP contribution in [0.1, 0.15) is 6.92 Å². The van der Waals surface area contributed by atoms with Gasteiger partial charge in [-0.2, -0.15) is 0 Å². The standard InChI is InChI=1S/C17H15ClFN3OS/c1-11-10-20-17(24-11)22(13-7-8-15(19)14(18)9-13)16(23)21-12-5-3-2-4-6-12/h2-9,11H,10H2,1H3,(H,21,23)/t11-/m1/s1. The summed E-state index contributed by atoms with van der Waals surface area (Å²) in [6.07, 6.45) is 0. The third-order valence-electron chi connectivity index (χ3n) is 3.37. The van der Waals surface area contributed by atoms with Crippen LogP contribution in [0.4, 0.5) is 20.6 Å². The summed E-state index contributed by atoms with van der Waals surface area (Å²) >= 11 is 7.37. The number of aliphatic imine (C=N–C) groups is 1. The zero-order valence-corrected chi connectivity index (χ0v) is 14.4. The molecule has 24 heavy (non-hydrogen) atoms. The van der Waals surface area contributed by atoms with Gasteiger partial charge in [-0.3, -0.25) is 4.99 Å². The number of urea groups is 1. The molecule has 0 spiro atoms. The molecule has 1 atom stereocenters. The molecule has 2 amide bonds. The first-order chi connectivity index (χ1) is 11.5. The lowest BCUT2D eigenvalue weighted by molar-refractivity contribution is 0.259. The molecule has 2 aromatic rings. The topological polar surface area (TPSA) is 44.7 Å². The summed E-state index contributed by atoms with van der Waals surface area (Å²) in [5.74, 6) is -0.529. The molecule has 0 saturated heterocycles. The van der Waals surface area contributed by atoms with Crippen molar-refractivity contribution >= 4 is 45.9 Å². The molecule has 1 N–H and O–H groups in total. The van der Waals surface area contributed by atoms with E-state index in [1.54, 1.807) is 12.1 Å². The van der Waals surface area contributed by atoms with Crippen LogP contribution in [0.3, 0.4) is 0 Å². The maximum Gasteiger partial charge on any atom is 0.332 e.